The van der Waals surface area contributed by atoms with Gasteiger partial charge in [-0.1, -0.05) is 0 Å². The molecule has 0 fully saturated rings. The highest BCUT2D eigenvalue weighted by Crippen LogP contribution is 2.11. The standard InChI is InChI=1S/C10H14N2O2.C6H4FNO2.C4H11N/c1-10(2,3)12-8-5-4-7(6-11-8)9(13)14;7-5-2-1-4(3-8-5)6(9)10;1-4(2,3)5/h4-6H,1-3H3,(H,11,12)(H,13,14);1-3H,(H,9,10);5H2,1-3H3. The quantitative estimate of drug-likeness (QED) is 0.565. The average molecular weight is 408 g/mol. The number of aromatic carboxylic acids is 2. The molecule has 0 aromatic carbocycles. The van der Waals surface area contributed by atoms with E-state index in [0.29, 0.717) is 5.82 Å². The van der Waals surface area contributed by atoms with Crippen LogP contribution in [0.3, 0.4) is 0 Å². The van der Waals surface area contributed by atoms with Crippen molar-refractivity contribution in [2.75, 3.05) is 5.32 Å². The number of carbonyl (C=O) groups is 2. The number of halogens is 1. The van der Waals surface area contributed by atoms with Crippen LogP contribution in [-0.2, 0) is 0 Å². The minimum atomic E-state index is -1.10. The maximum atomic E-state index is 12.0. The first kappa shape index (κ1) is 25.9. The molecule has 9 heteroatoms. The van der Waals surface area contributed by atoms with E-state index in [1.807, 2.05) is 41.5 Å². The number of hydrogen-bond acceptors (Lipinski definition) is 6. The fourth-order valence-corrected chi connectivity index (χ4v) is 1.48. The van der Waals surface area contributed by atoms with Crippen LogP contribution in [0.2, 0.25) is 0 Å². The molecule has 0 amide bonds. The molecule has 0 bridgehead atoms. The molecule has 2 heterocycles. The summed E-state index contributed by atoms with van der Waals surface area (Å²) in [5, 5.41) is 20.1. The molecule has 0 spiro atoms. The number of carboxylic acid groups (broad SMARTS) is 2. The Morgan fingerprint density at radius 3 is 1.59 bits per heavy atom. The van der Waals surface area contributed by atoms with Gasteiger partial charge in [0.05, 0.1) is 11.1 Å². The lowest BCUT2D eigenvalue weighted by Crippen LogP contribution is -2.26. The molecule has 0 radical (unpaired) electrons. The molecule has 160 valence electrons. The molecule has 2 aromatic heterocycles. The molecule has 0 unspecified atom stereocenters. The lowest BCUT2D eigenvalue weighted by atomic mass is 10.1. The van der Waals surface area contributed by atoms with Crippen LogP contribution in [0.1, 0.15) is 62.3 Å². The second kappa shape index (κ2) is 11.1. The minimum Gasteiger partial charge on any atom is -0.478 e. The van der Waals surface area contributed by atoms with Crippen LogP contribution in [0.15, 0.2) is 36.7 Å². The molecule has 0 saturated carbocycles. The molecule has 5 N–H and O–H groups in total. The summed E-state index contributed by atoms with van der Waals surface area (Å²) in [7, 11) is 0. The van der Waals surface area contributed by atoms with Gasteiger partial charge in [-0.25, -0.2) is 19.6 Å². The van der Waals surface area contributed by atoms with E-state index in [-0.39, 0.29) is 22.2 Å². The molecule has 0 saturated heterocycles. The second-order valence-electron chi connectivity index (χ2n) is 8.15. The fourth-order valence-electron chi connectivity index (χ4n) is 1.48. The molecule has 0 aliphatic rings. The zero-order valence-corrected chi connectivity index (χ0v) is 17.5. The summed E-state index contributed by atoms with van der Waals surface area (Å²) < 4.78 is 12.0. The Hall–Kier alpha value is -3.07. The Bertz CT molecular complexity index is 774. The van der Waals surface area contributed by atoms with Gasteiger partial charge in [-0.15, -0.1) is 0 Å². The Balaban J connectivity index is 0.000000455. The SMILES string of the molecule is CC(C)(C)N.CC(C)(C)Nc1ccc(C(=O)O)cn1.O=C(O)c1ccc(F)nc1. The van der Waals surface area contributed by atoms with Gasteiger partial charge in [0.15, 0.2) is 0 Å². The highest BCUT2D eigenvalue weighted by molar-refractivity contribution is 5.87. The van der Waals surface area contributed by atoms with Crippen LogP contribution < -0.4 is 11.1 Å². The smallest absolute Gasteiger partial charge is 0.337 e. The molecule has 2 aromatic rings. The number of carboxylic acids is 2. The third kappa shape index (κ3) is 14.6. The summed E-state index contributed by atoms with van der Waals surface area (Å²) in [6, 6.07) is 5.35. The van der Waals surface area contributed by atoms with Gasteiger partial charge in [0, 0.05) is 23.5 Å². The van der Waals surface area contributed by atoms with E-state index < -0.39 is 17.9 Å². The Labute approximate surface area is 170 Å². The van der Waals surface area contributed by atoms with Gasteiger partial charge in [-0.2, -0.15) is 4.39 Å². The number of rotatable bonds is 3. The van der Waals surface area contributed by atoms with Crippen molar-refractivity contribution in [1.82, 2.24) is 9.97 Å². The van der Waals surface area contributed by atoms with Crippen molar-refractivity contribution >= 4 is 17.8 Å². The van der Waals surface area contributed by atoms with Gasteiger partial charge in [0.1, 0.15) is 5.82 Å². The summed E-state index contributed by atoms with van der Waals surface area (Å²) in [5.41, 5.74) is 5.47. The number of anilines is 1. The predicted molar refractivity (Wildman–Crippen MR) is 110 cm³/mol. The van der Waals surface area contributed by atoms with E-state index in [9.17, 15) is 14.0 Å². The molecule has 8 nitrogen and oxygen atoms in total. The van der Waals surface area contributed by atoms with E-state index in [2.05, 4.69) is 15.3 Å². The third-order valence-corrected chi connectivity index (χ3v) is 2.49. The molecular formula is C20H29FN4O4. The molecule has 0 aliphatic heterocycles. The number of nitrogens with two attached hydrogens (primary N) is 1. The largest absolute Gasteiger partial charge is 0.478 e. The summed E-state index contributed by atoms with van der Waals surface area (Å²) in [6.07, 6.45) is 2.31. The normalized spacial score (nSPS) is 10.6. The van der Waals surface area contributed by atoms with E-state index in [1.54, 1.807) is 6.07 Å². The number of pyridine rings is 2. The topological polar surface area (TPSA) is 138 Å². The van der Waals surface area contributed by atoms with E-state index in [1.165, 1.54) is 12.3 Å². The van der Waals surface area contributed by atoms with Crippen molar-refractivity contribution in [3.05, 3.63) is 53.7 Å². The van der Waals surface area contributed by atoms with Crippen LogP contribution in [0, 0.1) is 5.95 Å². The summed E-state index contributed by atoms with van der Waals surface area (Å²) in [6.45, 7) is 11.9. The van der Waals surface area contributed by atoms with Crippen molar-refractivity contribution in [3.63, 3.8) is 0 Å². The Morgan fingerprint density at radius 2 is 1.31 bits per heavy atom. The van der Waals surface area contributed by atoms with E-state index in [0.717, 1.165) is 18.3 Å². The van der Waals surface area contributed by atoms with Crippen LogP contribution in [0.5, 0.6) is 0 Å². The maximum Gasteiger partial charge on any atom is 0.337 e. The number of hydrogen-bond donors (Lipinski definition) is 4. The molecular weight excluding hydrogens is 379 g/mol. The van der Waals surface area contributed by atoms with Crippen molar-refractivity contribution in [3.8, 4) is 0 Å². The lowest BCUT2D eigenvalue weighted by molar-refractivity contribution is 0.0685. The number of nitrogens with one attached hydrogen (secondary N) is 1. The Morgan fingerprint density at radius 1 is 0.897 bits per heavy atom. The zero-order valence-electron chi connectivity index (χ0n) is 17.5. The van der Waals surface area contributed by atoms with Crippen molar-refractivity contribution < 1.29 is 24.2 Å². The second-order valence-corrected chi connectivity index (χ2v) is 8.15. The highest BCUT2D eigenvalue weighted by Gasteiger charge is 2.10. The van der Waals surface area contributed by atoms with E-state index >= 15 is 0 Å². The zero-order chi connectivity index (χ0) is 22.8. The van der Waals surface area contributed by atoms with E-state index in [4.69, 9.17) is 15.9 Å². The van der Waals surface area contributed by atoms with Crippen molar-refractivity contribution in [1.29, 1.82) is 0 Å². The molecule has 29 heavy (non-hydrogen) atoms. The van der Waals surface area contributed by atoms with Gasteiger partial charge in [-0.05, 0) is 65.8 Å². The third-order valence-electron chi connectivity index (χ3n) is 2.49. The van der Waals surface area contributed by atoms with Gasteiger partial charge < -0.3 is 21.3 Å². The summed E-state index contributed by atoms with van der Waals surface area (Å²) in [5.74, 6) is -2.06. The monoisotopic (exact) mass is 408 g/mol. The van der Waals surface area contributed by atoms with Crippen molar-refractivity contribution in [2.45, 2.75) is 52.6 Å². The van der Waals surface area contributed by atoms with Crippen LogP contribution in [0.4, 0.5) is 10.2 Å². The Kier molecular flexibility index (Phi) is 9.89. The fraction of sp³-hybridized carbons (Fsp3) is 0.400. The van der Waals surface area contributed by atoms with Gasteiger partial charge in [-0.3, -0.25) is 0 Å². The lowest BCUT2D eigenvalue weighted by Gasteiger charge is -2.21. The first-order valence-electron chi connectivity index (χ1n) is 8.70. The van der Waals surface area contributed by atoms with Crippen LogP contribution in [0.25, 0.3) is 0 Å². The van der Waals surface area contributed by atoms with Crippen LogP contribution >= 0.6 is 0 Å². The summed E-state index contributed by atoms with van der Waals surface area (Å²) in [4.78, 5) is 27.8. The van der Waals surface area contributed by atoms with Crippen molar-refractivity contribution in [2.24, 2.45) is 5.73 Å². The van der Waals surface area contributed by atoms with Crippen LogP contribution in [-0.4, -0.2) is 43.2 Å². The molecule has 0 aliphatic carbocycles. The van der Waals surface area contributed by atoms with Gasteiger partial charge in [0.25, 0.3) is 0 Å². The molecule has 0 atom stereocenters. The predicted octanol–water partition coefficient (Wildman–Crippen LogP) is 3.65. The minimum absolute atomic E-state index is 0. The molecule has 2 rings (SSSR count). The van der Waals surface area contributed by atoms with Gasteiger partial charge in [0.2, 0.25) is 5.95 Å². The number of nitrogens with zero attached hydrogens (tertiary/aromatic N) is 2. The summed E-state index contributed by atoms with van der Waals surface area (Å²) >= 11 is 0. The first-order chi connectivity index (χ1) is 13.1. The highest BCUT2D eigenvalue weighted by atomic mass is 19.1. The van der Waals surface area contributed by atoms with Gasteiger partial charge >= 0.3 is 11.9 Å². The first-order valence-corrected chi connectivity index (χ1v) is 8.70. The maximum absolute atomic E-state index is 12.0. The average Bonchev–Trinajstić information content (AvgIpc) is 2.53. The number of aromatic nitrogens is 2.